The van der Waals surface area contributed by atoms with Gasteiger partial charge in [0.2, 0.25) is 0 Å². The molecule has 0 atom stereocenters. The quantitative estimate of drug-likeness (QED) is 0.740. The summed E-state index contributed by atoms with van der Waals surface area (Å²) >= 11 is 5.94. The highest BCUT2D eigenvalue weighted by Crippen LogP contribution is 2.25. The fourth-order valence-corrected chi connectivity index (χ4v) is 3.26. The smallest absolute Gasteiger partial charge is 0.314 e. The Morgan fingerprint density at radius 1 is 1.04 bits per heavy atom. The van der Waals surface area contributed by atoms with Gasteiger partial charge in [0.15, 0.2) is 0 Å². The van der Waals surface area contributed by atoms with Crippen LogP contribution in [0.5, 0.6) is 5.75 Å². The normalized spacial score (nSPS) is 12.5. The topological polar surface area (TPSA) is 50.4 Å². The highest BCUT2D eigenvalue weighted by atomic mass is 35.5. The molecule has 0 saturated heterocycles. The van der Waals surface area contributed by atoms with E-state index < -0.39 is 0 Å². The standard InChI is InChI=1S/C20H23ClN2O2/c21-18-6-1-3-15(13-18)9-10-22-20(24)23-11-12-25-19-8-7-16-4-2-5-17(16)14-19/h1,3,6-8,13-14H,2,4-5,9-12H2,(H2,22,23,24). The molecule has 4 nitrogen and oxygen atoms in total. The van der Waals surface area contributed by atoms with E-state index >= 15 is 0 Å². The second kappa shape index (κ2) is 8.77. The zero-order valence-electron chi connectivity index (χ0n) is 14.2. The third-order valence-electron chi connectivity index (χ3n) is 4.31. The van der Waals surface area contributed by atoms with E-state index in [0.29, 0.717) is 24.7 Å². The number of rotatable bonds is 7. The van der Waals surface area contributed by atoms with E-state index in [1.807, 2.05) is 30.3 Å². The second-order valence-electron chi connectivity index (χ2n) is 6.20. The van der Waals surface area contributed by atoms with Crippen LogP contribution in [0.2, 0.25) is 5.02 Å². The second-order valence-corrected chi connectivity index (χ2v) is 6.63. The van der Waals surface area contributed by atoms with Gasteiger partial charge in [-0.2, -0.15) is 0 Å². The maximum Gasteiger partial charge on any atom is 0.314 e. The maximum absolute atomic E-state index is 11.8. The Morgan fingerprint density at radius 3 is 2.76 bits per heavy atom. The summed E-state index contributed by atoms with van der Waals surface area (Å²) < 4.78 is 5.71. The molecule has 0 aliphatic heterocycles. The van der Waals surface area contributed by atoms with Crippen molar-refractivity contribution in [3.8, 4) is 5.75 Å². The van der Waals surface area contributed by atoms with Gasteiger partial charge in [-0.25, -0.2) is 4.79 Å². The number of urea groups is 1. The minimum atomic E-state index is -0.181. The van der Waals surface area contributed by atoms with E-state index in [-0.39, 0.29) is 6.03 Å². The van der Waals surface area contributed by atoms with Crippen molar-refractivity contribution in [2.45, 2.75) is 25.7 Å². The molecule has 132 valence electrons. The van der Waals surface area contributed by atoms with Gasteiger partial charge >= 0.3 is 6.03 Å². The van der Waals surface area contributed by atoms with Crippen molar-refractivity contribution in [2.24, 2.45) is 0 Å². The minimum Gasteiger partial charge on any atom is -0.492 e. The number of hydrogen-bond acceptors (Lipinski definition) is 2. The van der Waals surface area contributed by atoms with Gasteiger partial charge < -0.3 is 15.4 Å². The van der Waals surface area contributed by atoms with Gasteiger partial charge in [0.1, 0.15) is 12.4 Å². The fraction of sp³-hybridized carbons (Fsp3) is 0.350. The first-order valence-corrected chi connectivity index (χ1v) is 9.09. The van der Waals surface area contributed by atoms with Crippen LogP contribution < -0.4 is 15.4 Å². The summed E-state index contributed by atoms with van der Waals surface area (Å²) in [5, 5.41) is 6.35. The molecule has 25 heavy (non-hydrogen) atoms. The van der Waals surface area contributed by atoms with Crippen molar-refractivity contribution >= 4 is 17.6 Å². The predicted octanol–water partition coefficient (Wildman–Crippen LogP) is 3.75. The average Bonchev–Trinajstić information content (AvgIpc) is 3.06. The molecule has 0 bridgehead atoms. The number of nitrogens with one attached hydrogen (secondary N) is 2. The van der Waals surface area contributed by atoms with E-state index in [0.717, 1.165) is 24.2 Å². The third-order valence-corrected chi connectivity index (χ3v) is 4.55. The molecule has 1 aliphatic rings. The van der Waals surface area contributed by atoms with E-state index in [1.54, 1.807) is 0 Å². The summed E-state index contributed by atoms with van der Waals surface area (Å²) in [7, 11) is 0. The molecule has 1 aliphatic carbocycles. The zero-order chi connectivity index (χ0) is 17.5. The number of aryl methyl sites for hydroxylation is 2. The number of hydrogen-bond donors (Lipinski definition) is 2. The van der Waals surface area contributed by atoms with Crippen LogP contribution in [0.15, 0.2) is 42.5 Å². The Balaban J connectivity index is 1.30. The lowest BCUT2D eigenvalue weighted by molar-refractivity contribution is 0.236. The van der Waals surface area contributed by atoms with Crippen LogP contribution in [0.4, 0.5) is 4.79 Å². The largest absolute Gasteiger partial charge is 0.492 e. The summed E-state index contributed by atoms with van der Waals surface area (Å²) in [5.41, 5.74) is 3.93. The SMILES string of the molecule is O=C(NCCOc1ccc2c(c1)CCC2)NCCc1cccc(Cl)c1. The van der Waals surface area contributed by atoms with Crippen LogP contribution in [0.25, 0.3) is 0 Å². The number of benzene rings is 2. The summed E-state index contributed by atoms with van der Waals surface area (Å²) in [6, 6.07) is 13.7. The van der Waals surface area contributed by atoms with Crippen LogP contribution in [-0.2, 0) is 19.3 Å². The van der Waals surface area contributed by atoms with Crippen LogP contribution >= 0.6 is 11.6 Å². The Labute approximate surface area is 153 Å². The molecule has 5 heteroatoms. The predicted molar refractivity (Wildman–Crippen MR) is 101 cm³/mol. The summed E-state index contributed by atoms with van der Waals surface area (Å²) in [4.78, 5) is 11.8. The molecule has 0 aromatic heterocycles. The molecule has 0 radical (unpaired) electrons. The van der Waals surface area contributed by atoms with Crippen molar-refractivity contribution < 1.29 is 9.53 Å². The first kappa shape index (κ1) is 17.6. The van der Waals surface area contributed by atoms with Gasteiger partial charge in [0, 0.05) is 11.6 Å². The Kier molecular flexibility index (Phi) is 6.18. The van der Waals surface area contributed by atoms with Crippen molar-refractivity contribution in [2.75, 3.05) is 19.7 Å². The lowest BCUT2D eigenvalue weighted by atomic mass is 10.1. The van der Waals surface area contributed by atoms with Crippen molar-refractivity contribution in [1.82, 2.24) is 10.6 Å². The average molecular weight is 359 g/mol. The molecule has 2 N–H and O–H groups in total. The van der Waals surface area contributed by atoms with Crippen molar-refractivity contribution in [3.63, 3.8) is 0 Å². The number of carbonyl (C=O) groups is 1. The third kappa shape index (κ3) is 5.40. The highest BCUT2D eigenvalue weighted by Gasteiger charge is 2.11. The molecular weight excluding hydrogens is 336 g/mol. The number of carbonyl (C=O) groups excluding carboxylic acids is 1. The van der Waals surface area contributed by atoms with E-state index in [4.69, 9.17) is 16.3 Å². The zero-order valence-corrected chi connectivity index (χ0v) is 14.9. The first-order valence-electron chi connectivity index (χ1n) is 8.71. The molecule has 2 amide bonds. The molecule has 3 rings (SSSR count). The summed E-state index contributed by atoms with van der Waals surface area (Å²) in [6.07, 6.45) is 4.29. The molecule has 0 unspecified atom stereocenters. The maximum atomic E-state index is 11.8. The molecule has 0 spiro atoms. The molecule has 2 aromatic rings. The van der Waals surface area contributed by atoms with Crippen LogP contribution in [-0.4, -0.2) is 25.7 Å². The number of ether oxygens (including phenoxy) is 1. The molecule has 0 fully saturated rings. The van der Waals surface area contributed by atoms with Crippen LogP contribution in [0.1, 0.15) is 23.1 Å². The van der Waals surface area contributed by atoms with Gasteiger partial charge in [-0.15, -0.1) is 0 Å². The molecule has 0 heterocycles. The van der Waals surface area contributed by atoms with Gasteiger partial charge in [-0.05, 0) is 66.6 Å². The molecular formula is C20H23ClN2O2. The van der Waals surface area contributed by atoms with E-state index in [9.17, 15) is 4.79 Å². The number of fused-ring (bicyclic) bond motifs is 1. The summed E-state index contributed by atoms with van der Waals surface area (Å²) in [5.74, 6) is 0.879. The minimum absolute atomic E-state index is 0.181. The number of halogens is 1. The van der Waals surface area contributed by atoms with Gasteiger partial charge in [0.05, 0.1) is 6.54 Å². The first-order chi connectivity index (χ1) is 12.2. The lowest BCUT2D eigenvalue weighted by Crippen LogP contribution is -2.38. The van der Waals surface area contributed by atoms with Crippen LogP contribution in [0.3, 0.4) is 0 Å². The van der Waals surface area contributed by atoms with E-state index in [2.05, 4.69) is 22.8 Å². The van der Waals surface area contributed by atoms with Crippen molar-refractivity contribution in [1.29, 1.82) is 0 Å². The van der Waals surface area contributed by atoms with Gasteiger partial charge in [-0.3, -0.25) is 0 Å². The Bertz CT molecular complexity index is 733. The van der Waals surface area contributed by atoms with E-state index in [1.165, 1.54) is 24.0 Å². The highest BCUT2D eigenvalue weighted by molar-refractivity contribution is 6.30. The molecule has 2 aromatic carbocycles. The molecule has 0 saturated carbocycles. The Morgan fingerprint density at radius 2 is 1.88 bits per heavy atom. The van der Waals surface area contributed by atoms with Crippen LogP contribution in [0, 0.1) is 0 Å². The lowest BCUT2D eigenvalue weighted by Gasteiger charge is -2.10. The Hall–Kier alpha value is -2.20. The van der Waals surface area contributed by atoms with Gasteiger partial charge in [-0.1, -0.05) is 29.8 Å². The van der Waals surface area contributed by atoms with Crippen molar-refractivity contribution in [3.05, 3.63) is 64.2 Å². The summed E-state index contributed by atoms with van der Waals surface area (Å²) in [6.45, 7) is 1.50. The fourth-order valence-electron chi connectivity index (χ4n) is 3.05. The number of amides is 2. The van der Waals surface area contributed by atoms with Gasteiger partial charge in [0.25, 0.3) is 0 Å². The monoisotopic (exact) mass is 358 g/mol.